The molecular weight excluding hydrogens is 152 g/mol. The van der Waals surface area contributed by atoms with Gasteiger partial charge in [0.25, 0.3) is 0 Å². The summed E-state index contributed by atoms with van der Waals surface area (Å²) in [7, 11) is 0. The zero-order valence-corrected chi connectivity index (χ0v) is 7.81. The van der Waals surface area contributed by atoms with Crippen LogP contribution >= 0.6 is 0 Å². The summed E-state index contributed by atoms with van der Waals surface area (Å²) in [6, 6.07) is 0. The maximum absolute atomic E-state index is 11.1. The smallest absolute Gasteiger partial charge is 0.146 e. The Labute approximate surface area is 74.1 Å². The van der Waals surface area contributed by atoms with E-state index in [4.69, 9.17) is 0 Å². The minimum Gasteiger partial charge on any atom is -0.315 e. The van der Waals surface area contributed by atoms with Gasteiger partial charge in [-0.1, -0.05) is 6.92 Å². The molecule has 70 valence electrons. The van der Waals surface area contributed by atoms with Crippen LogP contribution in [0.2, 0.25) is 0 Å². The molecule has 0 amide bonds. The summed E-state index contributed by atoms with van der Waals surface area (Å²) in [5.41, 5.74) is 0. The lowest BCUT2D eigenvalue weighted by molar-refractivity contribution is -0.119. The first kappa shape index (κ1) is 9.68. The number of hydrogen-bond donors (Lipinski definition) is 1. The number of carbonyl (C=O) groups excluding carboxylic acids is 1. The monoisotopic (exact) mass is 170 g/mol. The summed E-state index contributed by atoms with van der Waals surface area (Å²) in [6.07, 6.45) is 1.83. The molecule has 0 radical (unpaired) electrons. The van der Waals surface area contributed by atoms with Gasteiger partial charge in [-0.2, -0.15) is 0 Å². The lowest BCUT2D eigenvalue weighted by Gasteiger charge is -2.17. The lowest BCUT2D eigenvalue weighted by Crippen LogP contribution is -2.32. The Morgan fingerprint density at radius 3 is 3.00 bits per heavy atom. The summed E-state index contributed by atoms with van der Waals surface area (Å²) in [5.74, 6) is 0.358. The standard InChI is InChI=1S/C9H18N2O/c1-2-9(12)8-11-6-3-4-10-5-7-11/h10H,2-8H2,1H3. The van der Waals surface area contributed by atoms with Crippen LogP contribution in [-0.2, 0) is 4.79 Å². The third kappa shape index (κ3) is 3.32. The molecule has 12 heavy (non-hydrogen) atoms. The average Bonchev–Trinajstić information content (AvgIpc) is 2.33. The Bertz CT molecular complexity index is 139. The van der Waals surface area contributed by atoms with Crippen molar-refractivity contribution in [2.45, 2.75) is 19.8 Å². The lowest BCUT2D eigenvalue weighted by atomic mass is 10.3. The number of carbonyl (C=O) groups is 1. The molecule has 3 nitrogen and oxygen atoms in total. The summed E-state index contributed by atoms with van der Waals surface area (Å²) < 4.78 is 0. The third-order valence-electron chi connectivity index (χ3n) is 2.23. The van der Waals surface area contributed by atoms with Gasteiger partial charge in [0.2, 0.25) is 0 Å². The van der Waals surface area contributed by atoms with Crippen LogP contribution in [0.15, 0.2) is 0 Å². The number of rotatable bonds is 3. The minimum absolute atomic E-state index is 0.358. The van der Waals surface area contributed by atoms with E-state index in [1.807, 2.05) is 6.92 Å². The highest BCUT2D eigenvalue weighted by Gasteiger charge is 2.10. The molecule has 1 rings (SSSR count). The van der Waals surface area contributed by atoms with E-state index < -0.39 is 0 Å². The first-order valence-corrected chi connectivity index (χ1v) is 4.77. The summed E-state index contributed by atoms with van der Waals surface area (Å²) in [6.45, 7) is 6.79. The van der Waals surface area contributed by atoms with Crippen LogP contribution in [0.4, 0.5) is 0 Å². The minimum atomic E-state index is 0.358. The fourth-order valence-corrected chi connectivity index (χ4v) is 1.42. The van der Waals surface area contributed by atoms with E-state index >= 15 is 0 Å². The van der Waals surface area contributed by atoms with Gasteiger partial charge < -0.3 is 5.32 Å². The van der Waals surface area contributed by atoms with Crippen molar-refractivity contribution in [3.63, 3.8) is 0 Å². The van der Waals surface area contributed by atoms with E-state index in [2.05, 4.69) is 10.2 Å². The van der Waals surface area contributed by atoms with Crippen LogP contribution < -0.4 is 5.32 Å². The number of nitrogens with zero attached hydrogens (tertiary/aromatic N) is 1. The van der Waals surface area contributed by atoms with Crippen molar-refractivity contribution in [1.82, 2.24) is 10.2 Å². The Hall–Kier alpha value is -0.410. The van der Waals surface area contributed by atoms with Crippen LogP contribution in [0, 0.1) is 0 Å². The number of Topliss-reactive ketones (excluding diaryl/α,β-unsaturated/α-hetero) is 1. The third-order valence-corrected chi connectivity index (χ3v) is 2.23. The van der Waals surface area contributed by atoms with Crippen LogP contribution in [0.1, 0.15) is 19.8 Å². The quantitative estimate of drug-likeness (QED) is 0.659. The molecule has 1 heterocycles. The van der Waals surface area contributed by atoms with E-state index in [9.17, 15) is 4.79 Å². The van der Waals surface area contributed by atoms with Crippen molar-refractivity contribution < 1.29 is 4.79 Å². The number of hydrogen-bond acceptors (Lipinski definition) is 3. The summed E-state index contributed by atoms with van der Waals surface area (Å²) in [5, 5.41) is 3.32. The highest BCUT2D eigenvalue weighted by Crippen LogP contribution is 1.96. The molecule has 0 spiro atoms. The van der Waals surface area contributed by atoms with Gasteiger partial charge in [-0.05, 0) is 19.5 Å². The van der Waals surface area contributed by atoms with E-state index in [0.717, 1.165) is 32.6 Å². The van der Waals surface area contributed by atoms with Crippen molar-refractivity contribution in [3.8, 4) is 0 Å². The van der Waals surface area contributed by atoms with Crippen molar-refractivity contribution in [2.24, 2.45) is 0 Å². The predicted molar refractivity (Wildman–Crippen MR) is 49.2 cm³/mol. The molecule has 0 aliphatic carbocycles. The fraction of sp³-hybridized carbons (Fsp3) is 0.889. The topological polar surface area (TPSA) is 32.3 Å². The normalized spacial score (nSPS) is 20.4. The zero-order chi connectivity index (χ0) is 8.81. The second-order valence-electron chi connectivity index (χ2n) is 3.27. The molecular formula is C9H18N2O. The Kier molecular flexibility index (Phi) is 4.25. The highest BCUT2D eigenvalue weighted by atomic mass is 16.1. The summed E-state index contributed by atoms with van der Waals surface area (Å²) >= 11 is 0. The van der Waals surface area contributed by atoms with Crippen LogP contribution in [0.5, 0.6) is 0 Å². The van der Waals surface area contributed by atoms with E-state index in [1.165, 1.54) is 0 Å². The Morgan fingerprint density at radius 1 is 1.42 bits per heavy atom. The maximum Gasteiger partial charge on any atom is 0.146 e. The van der Waals surface area contributed by atoms with Crippen LogP contribution in [0.3, 0.4) is 0 Å². The van der Waals surface area contributed by atoms with Gasteiger partial charge >= 0.3 is 0 Å². The molecule has 1 aliphatic rings. The van der Waals surface area contributed by atoms with E-state index in [-0.39, 0.29) is 0 Å². The first-order chi connectivity index (χ1) is 5.83. The zero-order valence-electron chi connectivity index (χ0n) is 7.81. The van der Waals surface area contributed by atoms with Gasteiger partial charge in [0.05, 0.1) is 6.54 Å². The second-order valence-corrected chi connectivity index (χ2v) is 3.27. The van der Waals surface area contributed by atoms with Gasteiger partial charge in [0, 0.05) is 19.5 Å². The van der Waals surface area contributed by atoms with Gasteiger partial charge in [0.1, 0.15) is 5.78 Å². The largest absolute Gasteiger partial charge is 0.315 e. The number of ketones is 1. The molecule has 0 unspecified atom stereocenters. The molecule has 0 aromatic heterocycles. The molecule has 3 heteroatoms. The van der Waals surface area contributed by atoms with Gasteiger partial charge in [-0.15, -0.1) is 0 Å². The van der Waals surface area contributed by atoms with Gasteiger partial charge in [-0.3, -0.25) is 9.69 Å². The predicted octanol–water partition coefficient (Wildman–Crippen LogP) is 0.261. The van der Waals surface area contributed by atoms with Crippen molar-refractivity contribution >= 4 is 5.78 Å². The molecule has 0 bridgehead atoms. The fourth-order valence-electron chi connectivity index (χ4n) is 1.42. The molecule has 0 saturated carbocycles. The van der Waals surface area contributed by atoms with Crippen molar-refractivity contribution in [1.29, 1.82) is 0 Å². The highest BCUT2D eigenvalue weighted by molar-refractivity contribution is 5.80. The van der Waals surface area contributed by atoms with Gasteiger partial charge in [-0.25, -0.2) is 0 Å². The Balaban J connectivity index is 2.24. The summed E-state index contributed by atoms with van der Waals surface area (Å²) in [4.78, 5) is 13.4. The van der Waals surface area contributed by atoms with E-state index in [1.54, 1.807) is 0 Å². The SMILES string of the molecule is CCC(=O)CN1CCCNCC1. The molecule has 0 aromatic rings. The molecule has 0 atom stereocenters. The molecule has 1 fully saturated rings. The van der Waals surface area contributed by atoms with Gasteiger partial charge in [0.15, 0.2) is 0 Å². The average molecular weight is 170 g/mol. The van der Waals surface area contributed by atoms with Crippen LogP contribution in [-0.4, -0.2) is 43.4 Å². The van der Waals surface area contributed by atoms with Crippen LogP contribution in [0.25, 0.3) is 0 Å². The second kappa shape index (κ2) is 5.27. The number of nitrogens with one attached hydrogen (secondary N) is 1. The van der Waals surface area contributed by atoms with Crippen molar-refractivity contribution in [2.75, 3.05) is 32.7 Å². The molecule has 0 aromatic carbocycles. The molecule has 1 saturated heterocycles. The Morgan fingerprint density at radius 2 is 2.25 bits per heavy atom. The maximum atomic E-state index is 11.1. The first-order valence-electron chi connectivity index (χ1n) is 4.77. The van der Waals surface area contributed by atoms with E-state index in [0.29, 0.717) is 18.7 Å². The molecule has 1 N–H and O–H groups in total. The van der Waals surface area contributed by atoms with Crippen molar-refractivity contribution in [3.05, 3.63) is 0 Å². The molecule has 1 aliphatic heterocycles.